The summed E-state index contributed by atoms with van der Waals surface area (Å²) in [5.74, 6) is 1.57. The highest BCUT2D eigenvalue weighted by molar-refractivity contribution is 4.84. The van der Waals surface area contributed by atoms with Crippen LogP contribution in [-0.4, -0.2) is 49.9 Å². The second-order valence-electron chi connectivity index (χ2n) is 5.36. The van der Waals surface area contributed by atoms with Gasteiger partial charge in [-0.05, 0) is 42.7 Å². The van der Waals surface area contributed by atoms with Crippen LogP contribution in [0, 0.1) is 5.92 Å². The zero-order chi connectivity index (χ0) is 13.0. The first-order valence-corrected chi connectivity index (χ1v) is 6.80. The summed E-state index contributed by atoms with van der Waals surface area (Å²) in [6.07, 6.45) is 4.06. The maximum absolute atomic E-state index is 9.27. The quantitative estimate of drug-likeness (QED) is 0.774. The van der Waals surface area contributed by atoms with Gasteiger partial charge >= 0.3 is 0 Å². The Morgan fingerprint density at radius 1 is 1.44 bits per heavy atom. The molecule has 0 amide bonds. The van der Waals surface area contributed by atoms with Crippen molar-refractivity contribution >= 4 is 0 Å². The van der Waals surface area contributed by atoms with Gasteiger partial charge < -0.3 is 5.11 Å². The van der Waals surface area contributed by atoms with Gasteiger partial charge in [0.25, 0.3) is 0 Å². The molecule has 0 spiro atoms. The maximum Gasteiger partial charge on any atom is 0.165 e. The molecule has 1 aliphatic carbocycles. The van der Waals surface area contributed by atoms with Crippen LogP contribution >= 0.6 is 0 Å². The Kier molecular flexibility index (Phi) is 4.66. The maximum atomic E-state index is 9.27. The predicted molar refractivity (Wildman–Crippen MR) is 67.8 cm³/mol. The van der Waals surface area contributed by atoms with E-state index in [-0.39, 0.29) is 6.10 Å². The number of aromatic nitrogens is 4. The van der Waals surface area contributed by atoms with Crippen molar-refractivity contribution in [1.29, 1.82) is 0 Å². The number of aliphatic hydroxyl groups is 1. The number of tetrazole rings is 1. The van der Waals surface area contributed by atoms with Gasteiger partial charge in [-0.2, -0.15) is 0 Å². The molecule has 0 saturated heterocycles. The van der Waals surface area contributed by atoms with Gasteiger partial charge in [-0.25, -0.2) is 4.68 Å². The van der Waals surface area contributed by atoms with Gasteiger partial charge in [-0.15, -0.1) is 5.10 Å². The summed E-state index contributed by atoms with van der Waals surface area (Å²) < 4.78 is 1.90. The molecule has 1 aliphatic rings. The molecular weight excluding hydrogens is 230 g/mol. The molecule has 2 rings (SSSR count). The molecule has 0 unspecified atom stereocenters. The summed E-state index contributed by atoms with van der Waals surface area (Å²) in [4.78, 5) is 2.24. The van der Waals surface area contributed by atoms with E-state index in [2.05, 4.69) is 34.4 Å². The van der Waals surface area contributed by atoms with Crippen LogP contribution in [0.25, 0.3) is 0 Å². The molecule has 102 valence electrons. The van der Waals surface area contributed by atoms with Gasteiger partial charge in [-0.1, -0.05) is 13.3 Å². The van der Waals surface area contributed by atoms with Crippen LogP contribution in [-0.2, 0) is 13.1 Å². The normalized spacial score (nSPS) is 23.3. The van der Waals surface area contributed by atoms with E-state index in [1.54, 1.807) is 0 Å². The van der Waals surface area contributed by atoms with Crippen molar-refractivity contribution in [3.05, 3.63) is 5.82 Å². The van der Waals surface area contributed by atoms with Gasteiger partial charge in [0.05, 0.1) is 12.6 Å². The summed E-state index contributed by atoms with van der Waals surface area (Å²) in [5, 5.41) is 21.1. The average Bonchev–Trinajstić information content (AvgIpc) is 2.71. The highest BCUT2D eigenvalue weighted by atomic mass is 16.3. The molecule has 0 aromatic carbocycles. The van der Waals surface area contributed by atoms with E-state index < -0.39 is 0 Å². The second kappa shape index (κ2) is 6.24. The molecule has 1 saturated carbocycles. The SMILES string of the molecule is CCCCn1nnnc1CN(C)CC1CC(O)C1. The highest BCUT2D eigenvalue weighted by Gasteiger charge is 2.28. The van der Waals surface area contributed by atoms with Crippen molar-refractivity contribution in [3.8, 4) is 0 Å². The Morgan fingerprint density at radius 3 is 2.89 bits per heavy atom. The first-order chi connectivity index (χ1) is 8.69. The Morgan fingerprint density at radius 2 is 2.22 bits per heavy atom. The van der Waals surface area contributed by atoms with Gasteiger partial charge in [0.15, 0.2) is 5.82 Å². The smallest absolute Gasteiger partial charge is 0.165 e. The molecule has 0 bridgehead atoms. The molecule has 18 heavy (non-hydrogen) atoms. The third kappa shape index (κ3) is 3.49. The van der Waals surface area contributed by atoms with E-state index in [0.717, 1.165) is 51.1 Å². The zero-order valence-electron chi connectivity index (χ0n) is 11.3. The lowest BCUT2D eigenvalue weighted by atomic mass is 9.82. The number of hydrogen-bond acceptors (Lipinski definition) is 5. The van der Waals surface area contributed by atoms with Crippen LogP contribution in [0.2, 0.25) is 0 Å². The molecule has 1 heterocycles. The third-order valence-electron chi connectivity index (χ3n) is 3.52. The van der Waals surface area contributed by atoms with Crippen molar-refractivity contribution in [1.82, 2.24) is 25.1 Å². The fourth-order valence-corrected chi connectivity index (χ4v) is 2.41. The second-order valence-corrected chi connectivity index (χ2v) is 5.36. The van der Waals surface area contributed by atoms with E-state index in [4.69, 9.17) is 0 Å². The molecule has 1 aromatic rings. The van der Waals surface area contributed by atoms with Gasteiger partial charge in [0, 0.05) is 13.1 Å². The summed E-state index contributed by atoms with van der Waals surface area (Å²) >= 11 is 0. The standard InChI is InChI=1S/C12H23N5O/c1-3-4-5-17-12(13-14-15-17)9-16(2)8-10-6-11(18)7-10/h10-11,18H,3-9H2,1-2H3. The first-order valence-electron chi connectivity index (χ1n) is 6.80. The summed E-state index contributed by atoms with van der Waals surface area (Å²) in [7, 11) is 2.09. The fourth-order valence-electron chi connectivity index (χ4n) is 2.41. The largest absolute Gasteiger partial charge is 0.393 e. The topological polar surface area (TPSA) is 67.1 Å². The minimum Gasteiger partial charge on any atom is -0.393 e. The molecule has 1 aromatic heterocycles. The number of nitrogens with zero attached hydrogens (tertiary/aromatic N) is 5. The Labute approximate surface area is 108 Å². The van der Waals surface area contributed by atoms with Crippen molar-refractivity contribution in [2.45, 2.75) is 51.8 Å². The highest BCUT2D eigenvalue weighted by Crippen LogP contribution is 2.27. The van der Waals surface area contributed by atoms with E-state index in [0.29, 0.717) is 5.92 Å². The Balaban J connectivity index is 1.79. The molecule has 6 nitrogen and oxygen atoms in total. The van der Waals surface area contributed by atoms with Crippen LogP contribution in [0.4, 0.5) is 0 Å². The van der Waals surface area contributed by atoms with E-state index in [1.165, 1.54) is 0 Å². The molecule has 0 radical (unpaired) electrons. The number of aryl methyl sites for hydroxylation is 1. The summed E-state index contributed by atoms with van der Waals surface area (Å²) in [6.45, 7) is 4.86. The van der Waals surface area contributed by atoms with Crippen LogP contribution in [0.3, 0.4) is 0 Å². The minimum absolute atomic E-state index is 0.0710. The Hall–Kier alpha value is -1.01. The lowest BCUT2D eigenvalue weighted by Crippen LogP contribution is -2.37. The minimum atomic E-state index is -0.0710. The van der Waals surface area contributed by atoms with E-state index >= 15 is 0 Å². The molecule has 1 fully saturated rings. The van der Waals surface area contributed by atoms with Crippen LogP contribution in [0.15, 0.2) is 0 Å². The number of unbranched alkanes of at least 4 members (excludes halogenated alkanes) is 1. The van der Waals surface area contributed by atoms with Crippen LogP contribution < -0.4 is 0 Å². The average molecular weight is 253 g/mol. The Bertz CT molecular complexity index is 361. The first kappa shape index (κ1) is 13.4. The molecule has 1 N–H and O–H groups in total. The van der Waals surface area contributed by atoms with Crippen LogP contribution in [0.1, 0.15) is 38.4 Å². The van der Waals surface area contributed by atoms with E-state index in [9.17, 15) is 5.11 Å². The molecule has 6 heteroatoms. The monoisotopic (exact) mass is 253 g/mol. The number of hydrogen-bond donors (Lipinski definition) is 1. The van der Waals surface area contributed by atoms with Crippen molar-refractivity contribution in [3.63, 3.8) is 0 Å². The molecular formula is C12H23N5O. The molecule has 0 atom stereocenters. The van der Waals surface area contributed by atoms with Crippen LogP contribution in [0.5, 0.6) is 0 Å². The zero-order valence-corrected chi connectivity index (χ0v) is 11.3. The third-order valence-corrected chi connectivity index (χ3v) is 3.52. The van der Waals surface area contributed by atoms with E-state index in [1.807, 2.05) is 4.68 Å². The van der Waals surface area contributed by atoms with Crippen molar-refractivity contribution in [2.24, 2.45) is 5.92 Å². The fraction of sp³-hybridized carbons (Fsp3) is 0.917. The lowest BCUT2D eigenvalue weighted by molar-refractivity contribution is 0.0269. The van der Waals surface area contributed by atoms with Crippen molar-refractivity contribution < 1.29 is 5.11 Å². The predicted octanol–water partition coefficient (Wildman–Crippen LogP) is 0.676. The number of rotatable bonds is 7. The molecule has 0 aliphatic heterocycles. The van der Waals surface area contributed by atoms with Gasteiger partial charge in [0.1, 0.15) is 0 Å². The van der Waals surface area contributed by atoms with Gasteiger partial charge in [-0.3, -0.25) is 4.90 Å². The van der Waals surface area contributed by atoms with Crippen molar-refractivity contribution in [2.75, 3.05) is 13.6 Å². The number of aliphatic hydroxyl groups excluding tert-OH is 1. The van der Waals surface area contributed by atoms with Gasteiger partial charge in [0.2, 0.25) is 0 Å². The summed E-state index contributed by atoms with van der Waals surface area (Å²) in [5.41, 5.74) is 0. The summed E-state index contributed by atoms with van der Waals surface area (Å²) in [6, 6.07) is 0. The lowest BCUT2D eigenvalue weighted by Gasteiger charge is -2.34.